The van der Waals surface area contributed by atoms with Gasteiger partial charge in [0.2, 0.25) is 0 Å². The number of rotatable bonds is 18. The van der Waals surface area contributed by atoms with E-state index in [1.165, 1.54) is 24.5 Å². The van der Waals surface area contributed by atoms with Gasteiger partial charge in [-0.1, -0.05) is 13.8 Å². The standard InChI is InChI=1S/C33H50FN7O5/c1-7-41(24(4)5)32(43)27-15-25(34)10-11-29(27)46-31-30(36-21-37-38-31)39-14-12-33(18-39)19-40(20-33)28(23(2)3)9-8-13-35-16-26(17-44-6)45-22-42/h10-11,15,21-24,26,28,35H,7-9,12-14,16-20H2,1-6H3/t26-,28+/m0/s1. The van der Waals surface area contributed by atoms with Crippen molar-refractivity contribution in [3.05, 3.63) is 35.9 Å². The molecule has 1 aromatic heterocycles. The molecule has 254 valence electrons. The molecule has 2 saturated heterocycles. The van der Waals surface area contributed by atoms with E-state index in [1.807, 2.05) is 20.8 Å². The number of benzene rings is 1. The number of anilines is 1. The van der Waals surface area contributed by atoms with Gasteiger partial charge in [-0.25, -0.2) is 9.37 Å². The molecule has 46 heavy (non-hydrogen) atoms. The number of aromatic nitrogens is 3. The first-order chi connectivity index (χ1) is 22.1. The minimum absolute atomic E-state index is 0.0553. The van der Waals surface area contributed by atoms with E-state index in [9.17, 15) is 14.0 Å². The Kier molecular flexibility index (Phi) is 12.6. The number of nitrogens with zero attached hydrogens (tertiary/aromatic N) is 6. The molecule has 0 saturated carbocycles. The Morgan fingerprint density at radius 1 is 1.22 bits per heavy atom. The Balaban J connectivity index is 1.36. The van der Waals surface area contributed by atoms with Crippen molar-refractivity contribution >= 4 is 18.2 Å². The van der Waals surface area contributed by atoms with Gasteiger partial charge in [0.25, 0.3) is 18.3 Å². The predicted molar refractivity (Wildman–Crippen MR) is 173 cm³/mol. The number of carbonyl (C=O) groups is 2. The van der Waals surface area contributed by atoms with Gasteiger partial charge in [-0.15, -0.1) is 10.2 Å². The number of ether oxygens (including phenoxy) is 3. The normalized spacial score (nSPS) is 17.3. The zero-order valence-electron chi connectivity index (χ0n) is 28.1. The molecule has 12 nitrogen and oxygen atoms in total. The number of hydrogen-bond donors (Lipinski definition) is 1. The molecular weight excluding hydrogens is 593 g/mol. The summed E-state index contributed by atoms with van der Waals surface area (Å²) >= 11 is 0. The molecular formula is C33H50FN7O5. The lowest BCUT2D eigenvalue weighted by Gasteiger charge is -2.53. The smallest absolute Gasteiger partial charge is 0.293 e. The van der Waals surface area contributed by atoms with E-state index in [-0.39, 0.29) is 40.7 Å². The summed E-state index contributed by atoms with van der Waals surface area (Å²) in [5, 5.41) is 11.6. The highest BCUT2D eigenvalue weighted by molar-refractivity contribution is 5.97. The highest BCUT2D eigenvalue weighted by atomic mass is 19.1. The van der Waals surface area contributed by atoms with Crippen LogP contribution in [-0.4, -0.2) is 115 Å². The third-order valence-electron chi connectivity index (χ3n) is 9.05. The molecule has 1 aromatic carbocycles. The van der Waals surface area contributed by atoms with Crippen molar-refractivity contribution in [3.8, 4) is 11.6 Å². The van der Waals surface area contributed by atoms with Crippen LogP contribution in [0.1, 0.15) is 64.2 Å². The number of hydrogen-bond acceptors (Lipinski definition) is 11. The van der Waals surface area contributed by atoms with Crippen LogP contribution < -0.4 is 15.0 Å². The molecule has 3 heterocycles. The molecule has 1 N–H and O–H groups in total. The van der Waals surface area contributed by atoms with Crippen molar-refractivity contribution in [1.82, 2.24) is 30.3 Å². The lowest BCUT2D eigenvalue weighted by molar-refractivity contribution is -0.135. The van der Waals surface area contributed by atoms with E-state index in [4.69, 9.17) is 14.2 Å². The van der Waals surface area contributed by atoms with Crippen LogP contribution in [0.2, 0.25) is 0 Å². The summed E-state index contributed by atoms with van der Waals surface area (Å²) in [5.41, 5.74) is 0.293. The SMILES string of the molecule is CCN(C(=O)c1cc(F)ccc1Oc1nncnc1N1CCC2(C1)CN([C@H](CCCNC[C@@H](COC)OC=O)C(C)C)C2)C(C)C. The molecule has 13 heteroatoms. The Morgan fingerprint density at radius 2 is 2.00 bits per heavy atom. The fraction of sp³-hybridized carbons (Fsp3) is 0.667. The van der Waals surface area contributed by atoms with E-state index in [1.54, 1.807) is 12.0 Å². The number of carbonyl (C=O) groups excluding carboxylic acids is 2. The van der Waals surface area contributed by atoms with Gasteiger partial charge in [0.15, 0.2) is 5.82 Å². The van der Waals surface area contributed by atoms with Gasteiger partial charge in [0, 0.05) is 63.9 Å². The van der Waals surface area contributed by atoms with Gasteiger partial charge in [-0.3, -0.25) is 14.5 Å². The number of amides is 1. The van der Waals surface area contributed by atoms with Crippen molar-refractivity contribution in [1.29, 1.82) is 0 Å². The molecule has 2 fully saturated rings. The van der Waals surface area contributed by atoms with E-state index in [0.717, 1.165) is 52.0 Å². The number of methoxy groups -OCH3 is 1. The molecule has 2 aliphatic rings. The molecule has 0 aliphatic carbocycles. The molecule has 2 atom stereocenters. The zero-order valence-corrected chi connectivity index (χ0v) is 28.1. The average molecular weight is 644 g/mol. The number of nitrogens with one attached hydrogen (secondary N) is 1. The van der Waals surface area contributed by atoms with Gasteiger partial charge in [0.05, 0.1) is 12.2 Å². The van der Waals surface area contributed by atoms with Crippen molar-refractivity contribution in [2.45, 2.75) is 72.1 Å². The van der Waals surface area contributed by atoms with Crippen LogP contribution in [0.25, 0.3) is 0 Å². The van der Waals surface area contributed by atoms with Gasteiger partial charge < -0.3 is 29.3 Å². The number of likely N-dealkylation sites (tertiary alicyclic amines) is 1. The van der Waals surface area contributed by atoms with Crippen molar-refractivity contribution < 1.29 is 28.2 Å². The highest BCUT2D eigenvalue weighted by Crippen LogP contribution is 2.44. The topological polar surface area (TPSA) is 122 Å². The molecule has 2 aromatic rings. The van der Waals surface area contributed by atoms with E-state index in [0.29, 0.717) is 43.9 Å². The molecule has 1 spiro atoms. The first-order valence-corrected chi connectivity index (χ1v) is 16.3. The Hall–Kier alpha value is -3.42. The van der Waals surface area contributed by atoms with Crippen molar-refractivity contribution in [2.24, 2.45) is 11.3 Å². The van der Waals surface area contributed by atoms with E-state index in [2.05, 4.69) is 44.1 Å². The van der Waals surface area contributed by atoms with Gasteiger partial charge in [0.1, 0.15) is 24.0 Å². The number of halogens is 1. The Labute approximate surface area is 272 Å². The third-order valence-corrected chi connectivity index (χ3v) is 9.05. The summed E-state index contributed by atoms with van der Waals surface area (Å²) in [4.78, 5) is 35.0. The molecule has 0 radical (unpaired) electrons. The second-order valence-electron chi connectivity index (χ2n) is 13.1. The first-order valence-electron chi connectivity index (χ1n) is 16.3. The second-order valence-corrected chi connectivity index (χ2v) is 13.1. The largest absolute Gasteiger partial charge is 0.461 e. The molecule has 0 unspecified atom stereocenters. The minimum atomic E-state index is -0.514. The maximum Gasteiger partial charge on any atom is 0.293 e. The average Bonchev–Trinajstić information content (AvgIpc) is 3.45. The van der Waals surface area contributed by atoms with Gasteiger partial charge in [-0.2, -0.15) is 0 Å². The minimum Gasteiger partial charge on any atom is -0.461 e. The summed E-state index contributed by atoms with van der Waals surface area (Å²) in [6.45, 7) is 16.7. The second kappa shape index (κ2) is 16.4. The molecule has 2 aliphatic heterocycles. The zero-order chi connectivity index (χ0) is 33.3. The monoisotopic (exact) mass is 643 g/mol. The first kappa shape index (κ1) is 35.4. The summed E-state index contributed by atoms with van der Waals surface area (Å²) in [6, 6.07) is 4.37. The maximum absolute atomic E-state index is 14.3. The summed E-state index contributed by atoms with van der Waals surface area (Å²) in [5.74, 6) is 0.687. The fourth-order valence-corrected chi connectivity index (χ4v) is 6.77. The van der Waals surface area contributed by atoms with E-state index >= 15 is 0 Å². The Bertz CT molecular complexity index is 1290. The fourth-order valence-electron chi connectivity index (χ4n) is 6.77. The molecule has 1 amide bonds. The molecule has 0 bridgehead atoms. The Morgan fingerprint density at radius 3 is 2.67 bits per heavy atom. The van der Waals surface area contributed by atoms with Crippen LogP contribution >= 0.6 is 0 Å². The van der Waals surface area contributed by atoms with Crippen LogP contribution in [-0.2, 0) is 14.3 Å². The van der Waals surface area contributed by atoms with Crippen LogP contribution in [0.5, 0.6) is 11.6 Å². The van der Waals surface area contributed by atoms with Crippen LogP contribution in [0.4, 0.5) is 10.2 Å². The third kappa shape index (κ3) is 8.68. The van der Waals surface area contributed by atoms with Crippen LogP contribution in [0.3, 0.4) is 0 Å². The lowest BCUT2D eigenvalue weighted by Crippen LogP contribution is -2.62. The predicted octanol–water partition coefficient (Wildman–Crippen LogP) is 3.77. The van der Waals surface area contributed by atoms with E-state index < -0.39 is 5.82 Å². The molecule has 4 rings (SSSR count). The maximum atomic E-state index is 14.3. The summed E-state index contributed by atoms with van der Waals surface area (Å²) < 4.78 is 30.6. The quantitative estimate of drug-likeness (QED) is 0.189. The van der Waals surface area contributed by atoms with Crippen LogP contribution in [0, 0.1) is 17.2 Å². The summed E-state index contributed by atoms with van der Waals surface area (Å²) in [7, 11) is 1.59. The van der Waals surface area contributed by atoms with Crippen molar-refractivity contribution in [3.63, 3.8) is 0 Å². The summed E-state index contributed by atoms with van der Waals surface area (Å²) in [6.07, 6.45) is 4.24. The van der Waals surface area contributed by atoms with Gasteiger partial charge >= 0.3 is 0 Å². The highest BCUT2D eigenvalue weighted by Gasteiger charge is 2.50. The van der Waals surface area contributed by atoms with Crippen molar-refractivity contribution in [2.75, 3.05) is 64.4 Å². The van der Waals surface area contributed by atoms with Gasteiger partial charge in [-0.05, 0) is 70.7 Å². The lowest BCUT2D eigenvalue weighted by atomic mass is 9.76. The van der Waals surface area contributed by atoms with Crippen LogP contribution in [0.15, 0.2) is 24.5 Å².